The van der Waals surface area contributed by atoms with Crippen molar-refractivity contribution in [2.45, 2.75) is 19.0 Å². The van der Waals surface area contributed by atoms with Gasteiger partial charge in [-0.05, 0) is 41.5 Å². The summed E-state index contributed by atoms with van der Waals surface area (Å²) in [6.07, 6.45) is 1.24. The topological polar surface area (TPSA) is 96.0 Å². The predicted molar refractivity (Wildman–Crippen MR) is 153 cm³/mol. The zero-order valence-electron chi connectivity index (χ0n) is 21.2. The highest BCUT2D eigenvalue weighted by Crippen LogP contribution is 2.33. The van der Waals surface area contributed by atoms with Gasteiger partial charge in [-0.15, -0.1) is 0 Å². The van der Waals surface area contributed by atoms with Gasteiger partial charge in [0, 0.05) is 29.5 Å². The molecule has 202 valence electrons. The fourth-order valence-corrected chi connectivity index (χ4v) is 5.46. The number of ether oxygens (including phenoxy) is 1. The van der Waals surface area contributed by atoms with E-state index in [-0.39, 0.29) is 35.3 Å². The van der Waals surface area contributed by atoms with E-state index in [1.807, 2.05) is 54.6 Å². The maximum absolute atomic E-state index is 14.0. The van der Waals surface area contributed by atoms with E-state index in [0.29, 0.717) is 0 Å². The molecule has 0 saturated carbocycles. The van der Waals surface area contributed by atoms with Crippen molar-refractivity contribution in [3.8, 4) is 5.75 Å². The van der Waals surface area contributed by atoms with Crippen molar-refractivity contribution in [2.24, 2.45) is 0 Å². The molecule has 0 fully saturated rings. The number of anilines is 1. The molecular weight excluding hydrogens is 594 g/mol. The molecule has 1 N–H and O–H groups in total. The van der Waals surface area contributed by atoms with Crippen molar-refractivity contribution in [1.82, 2.24) is 10.2 Å². The molecule has 38 heavy (non-hydrogen) atoms. The molecule has 0 radical (unpaired) electrons. The van der Waals surface area contributed by atoms with E-state index in [1.165, 1.54) is 31.2 Å². The second-order valence-corrected chi connectivity index (χ2v) is 11.8. The third kappa shape index (κ3) is 7.72. The highest BCUT2D eigenvalue weighted by Gasteiger charge is 2.33. The maximum Gasteiger partial charge on any atom is 0.244 e. The summed E-state index contributed by atoms with van der Waals surface area (Å²) in [6.45, 7) is -0.487. The Morgan fingerprint density at radius 2 is 1.71 bits per heavy atom. The molecule has 0 aliphatic carbocycles. The standard InChI is InChI=1S/C27H29BrClN3O5S/c1-30-27(34)24(15-19-8-5-4-6-9-19)31(17-20-10-7-11-21(28)14-20)26(33)18-32(38(3,35)36)23-16-22(29)12-13-25(23)37-2/h4-14,16,24H,15,17-18H2,1-3H3,(H,30,34)/t24-/m0/s1. The third-order valence-corrected chi connectivity index (χ3v) is 7.70. The van der Waals surface area contributed by atoms with Crippen LogP contribution in [0.5, 0.6) is 5.75 Å². The van der Waals surface area contributed by atoms with Crippen LogP contribution >= 0.6 is 27.5 Å². The Kier molecular flexibility index (Phi) is 10.2. The summed E-state index contributed by atoms with van der Waals surface area (Å²) in [5.74, 6) is -0.705. The number of carbonyl (C=O) groups is 2. The molecule has 3 rings (SSSR count). The summed E-state index contributed by atoms with van der Waals surface area (Å²) < 4.78 is 32.9. The number of rotatable bonds is 11. The lowest BCUT2D eigenvalue weighted by Crippen LogP contribution is -2.52. The molecule has 2 amide bonds. The second kappa shape index (κ2) is 13.1. The Balaban J connectivity index is 2.07. The van der Waals surface area contributed by atoms with Crippen molar-refractivity contribution in [3.05, 3.63) is 93.4 Å². The number of nitrogens with one attached hydrogen (secondary N) is 1. The molecule has 0 aliphatic heterocycles. The van der Waals surface area contributed by atoms with Gasteiger partial charge >= 0.3 is 0 Å². The molecule has 0 heterocycles. The van der Waals surface area contributed by atoms with Gasteiger partial charge in [0.15, 0.2) is 0 Å². The molecule has 0 aromatic heterocycles. The first-order chi connectivity index (χ1) is 18.0. The molecule has 3 aromatic carbocycles. The smallest absolute Gasteiger partial charge is 0.244 e. The van der Waals surface area contributed by atoms with Crippen molar-refractivity contribution < 1.29 is 22.7 Å². The zero-order chi connectivity index (χ0) is 27.9. The van der Waals surface area contributed by atoms with Gasteiger partial charge in [-0.25, -0.2) is 8.42 Å². The molecule has 3 aromatic rings. The summed E-state index contributed by atoms with van der Waals surface area (Å²) in [5.41, 5.74) is 1.74. The molecule has 0 aliphatic rings. The number of sulfonamides is 1. The van der Waals surface area contributed by atoms with E-state index in [0.717, 1.165) is 26.2 Å². The SMILES string of the molecule is CNC(=O)[C@H](Cc1ccccc1)N(Cc1cccc(Br)c1)C(=O)CN(c1cc(Cl)ccc1OC)S(C)(=O)=O. The van der Waals surface area contributed by atoms with Gasteiger partial charge in [-0.1, -0.05) is 70.0 Å². The van der Waals surface area contributed by atoms with Crippen LogP contribution in [0.2, 0.25) is 5.02 Å². The van der Waals surface area contributed by atoms with Crippen LogP contribution in [-0.2, 0) is 32.6 Å². The van der Waals surface area contributed by atoms with Crippen LogP contribution < -0.4 is 14.4 Å². The minimum atomic E-state index is -3.95. The van der Waals surface area contributed by atoms with Gasteiger partial charge in [0.2, 0.25) is 21.8 Å². The highest BCUT2D eigenvalue weighted by atomic mass is 79.9. The first kappa shape index (κ1) is 29.5. The number of carbonyl (C=O) groups excluding carboxylic acids is 2. The summed E-state index contributed by atoms with van der Waals surface area (Å²) in [4.78, 5) is 28.5. The highest BCUT2D eigenvalue weighted by molar-refractivity contribution is 9.10. The normalized spacial score (nSPS) is 11.9. The average Bonchev–Trinajstić information content (AvgIpc) is 2.88. The van der Waals surface area contributed by atoms with Crippen LogP contribution in [0, 0.1) is 0 Å². The number of likely N-dealkylation sites (N-methyl/N-ethyl adjacent to an activating group) is 1. The second-order valence-electron chi connectivity index (χ2n) is 8.56. The number of benzene rings is 3. The number of halogens is 2. The van der Waals surface area contributed by atoms with E-state index in [9.17, 15) is 18.0 Å². The van der Waals surface area contributed by atoms with Gasteiger partial charge in [-0.3, -0.25) is 13.9 Å². The van der Waals surface area contributed by atoms with Crippen LogP contribution in [0.1, 0.15) is 11.1 Å². The minimum Gasteiger partial charge on any atom is -0.495 e. The largest absolute Gasteiger partial charge is 0.495 e. The lowest BCUT2D eigenvalue weighted by Gasteiger charge is -2.33. The fourth-order valence-electron chi connectivity index (χ4n) is 4.01. The molecule has 11 heteroatoms. The van der Waals surface area contributed by atoms with Gasteiger partial charge < -0.3 is 15.0 Å². The quantitative estimate of drug-likeness (QED) is 0.345. The zero-order valence-corrected chi connectivity index (χ0v) is 24.4. The summed E-state index contributed by atoms with van der Waals surface area (Å²) in [5, 5.41) is 2.93. The Bertz CT molecular complexity index is 1390. The van der Waals surface area contributed by atoms with Crippen LogP contribution in [0.25, 0.3) is 0 Å². The van der Waals surface area contributed by atoms with Crippen LogP contribution in [0.15, 0.2) is 77.3 Å². The van der Waals surface area contributed by atoms with Gasteiger partial charge in [0.25, 0.3) is 0 Å². The molecule has 0 bridgehead atoms. The van der Waals surface area contributed by atoms with Crippen molar-refractivity contribution in [1.29, 1.82) is 0 Å². The van der Waals surface area contributed by atoms with Crippen molar-refractivity contribution in [3.63, 3.8) is 0 Å². The van der Waals surface area contributed by atoms with Crippen LogP contribution in [0.4, 0.5) is 5.69 Å². The van der Waals surface area contributed by atoms with Gasteiger partial charge in [-0.2, -0.15) is 0 Å². The lowest BCUT2D eigenvalue weighted by molar-refractivity contribution is -0.139. The van der Waals surface area contributed by atoms with E-state index in [4.69, 9.17) is 16.3 Å². The van der Waals surface area contributed by atoms with Gasteiger partial charge in [0.05, 0.1) is 19.1 Å². The molecule has 8 nitrogen and oxygen atoms in total. The minimum absolute atomic E-state index is 0.0769. The molecular formula is C27H29BrClN3O5S. The molecule has 0 saturated heterocycles. The van der Waals surface area contributed by atoms with E-state index >= 15 is 0 Å². The number of hydrogen-bond acceptors (Lipinski definition) is 5. The van der Waals surface area contributed by atoms with E-state index in [1.54, 1.807) is 6.07 Å². The van der Waals surface area contributed by atoms with Crippen LogP contribution in [-0.4, -0.2) is 58.1 Å². The fraction of sp³-hybridized carbons (Fsp3) is 0.259. The summed E-state index contributed by atoms with van der Waals surface area (Å²) >= 11 is 9.61. The van der Waals surface area contributed by atoms with E-state index < -0.39 is 28.5 Å². The third-order valence-electron chi connectivity index (χ3n) is 5.85. The van der Waals surface area contributed by atoms with Crippen molar-refractivity contribution >= 4 is 55.1 Å². The Labute approximate surface area is 236 Å². The molecule has 0 spiro atoms. The van der Waals surface area contributed by atoms with E-state index in [2.05, 4.69) is 21.2 Å². The summed E-state index contributed by atoms with van der Waals surface area (Å²) in [6, 6.07) is 20.3. The molecule has 1 atom stereocenters. The van der Waals surface area contributed by atoms with Gasteiger partial charge in [0.1, 0.15) is 18.3 Å². The summed E-state index contributed by atoms with van der Waals surface area (Å²) in [7, 11) is -1.05. The van der Waals surface area contributed by atoms with Crippen LogP contribution in [0.3, 0.4) is 0 Å². The number of nitrogens with zero attached hydrogens (tertiary/aromatic N) is 2. The number of methoxy groups -OCH3 is 1. The average molecular weight is 623 g/mol. The van der Waals surface area contributed by atoms with Crippen molar-refractivity contribution in [2.75, 3.05) is 31.3 Å². The Morgan fingerprint density at radius 1 is 1.03 bits per heavy atom. The number of hydrogen-bond donors (Lipinski definition) is 1. The number of amides is 2. The lowest BCUT2D eigenvalue weighted by atomic mass is 10.0. The predicted octanol–water partition coefficient (Wildman–Crippen LogP) is 4.26. The first-order valence-electron chi connectivity index (χ1n) is 11.6. The Morgan fingerprint density at radius 3 is 2.32 bits per heavy atom. The Hall–Kier alpha value is -3.08. The maximum atomic E-state index is 14.0. The first-order valence-corrected chi connectivity index (χ1v) is 14.7. The monoisotopic (exact) mass is 621 g/mol. The molecule has 0 unspecified atom stereocenters.